The Bertz CT molecular complexity index is 847. The van der Waals surface area contributed by atoms with Crippen molar-refractivity contribution < 1.29 is 13.9 Å². The number of ether oxygens (including phenoxy) is 1. The third-order valence-corrected chi connectivity index (χ3v) is 3.37. The molecule has 3 aromatic rings. The number of hydrogen-bond acceptors (Lipinski definition) is 4. The maximum Gasteiger partial charge on any atom is 0.253 e. The van der Waals surface area contributed by atoms with E-state index in [0.29, 0.717) is 13.2 Å². The Balaban J connectivity index is 1.72. The second-order valence-corrected chi connectivity index (χ2v) is 4.88. The highest BCUT2D eigenvalue weighted by atomic mass is 19.1. The summed E-state index contributed by atoms with van der Waals surface area (Å²) in [6.45, 7) is 2.35. The Morgan fingerprint density at radius 1 is 1.39 bits per heavy atom. The van der Waals surface area contributed by atoms with E-state index < -0.39 is 11.7 Å². The molecular weight excluding hydrogens is 299 g/mol. The van der Waals surface area contributed by atoms with Crippen molar-refractivity contribution in [3.63, 3.8) is 0 Å². The van der Waals surface area contributed by atoms with Crippen LogP contribution in [0, 0.1) is 5.82 Å². The molecule has 3 rings (SSSR count). The zero-order valence-corrected chi connectivity index (χ0v) is 12.5. The third-order valence-electron chi connectivity index (χ3n) is 3.37. The van der Waals surface area contributed by atoms with Crippen molar-refractivity contribution >= 4 is 16.8 Å². The monoisotopic (exact) mass is 314 g/mol. The summed E-state index contributed by atoms with van der Waals surface area (Å²) < 4.78 is 18.8. The molecule has 1 amide bonds. The van der Waals surface area contributed by atoms with E-state index in [1.165, 1.54) is 6.20 Å². The number of aromatic amines is 1. The maximum atomic E-state index is 13.7. The SMILES string of the molecule is CCOc1ncc(C(=O)NCc2cccc3[nH]ncc23)cc1F. The van der Waals surface area contributed by atoms with Crippen molar-refractivity contribution in [3.05, 3.63) is 53.6 Å². The highest BCUT2D eigenvalue weighted by molar-refractivity contribution is 5.94. The van der Waals surface area contributed by atoms with E-state index in [2.05, 4.69) is 20.5 Å². The molecule has 118 valence electrons. The first kappa shape index (κ1) is 15.0. The van der Waals surface area contributed by atoms with Crippen LogP contribution in [0.3, 0.4) is 0 Å². The first-order valence-corrected chi connectivity index (χ1v) is 7.16. The summed E-state index contributed by atoms with van der Waals surface area (Å²) in [6.07, 6.45) is 3.00. The van der Waals surface area contributed by atoms with Gasteiger partial charge in [0, 0.05) is 18.1 Å². The van der Waals surface area contributed by atoms with Crippen molar-refractivity contribution in [3.8, 4) is 5.88 Å². The van der Waals surface area contributed by atoms with Crippen molar-refractivity contribution in [1.82, 2.24) is 20.5 Å². The molecule has 2 N–H and O–H groups in total. The van der Waals surface area contributed by atoms with Gasteiger partial charge in [0.25, 0.3) is 5.91 Å². The fraction of sp³-hybridized carbons (Fsp3) is 0.188. The van der Waals surface area contributed by atoms with E-state index in [-0.39, 0.29) is 11.4 Å². The molecule has 0 aliphatic heterocycles. The normalized spacial score (nSPS) is 10.7. The second-order valence-electron chi connectivity index (χ2n) is 4.88. The summed E-state index contributed by atoms with van der Waals surface area (Å²) >= 11 is 0. The summed E-state index contributed by atoms with van der Waals surface area (Å²) in [5.41, 5.74) is 1.96. The van der Waals surface area contributed by atoms with E-state index >= 15 is 0 Å². The molecule has 0 unspecified atom stereocenters. The van der Waals surface area contributed by atoms with Crippen molar-refractivity contribution in [2.75, 3.05) is 6.61 Å². The number of nitrogens with one attached hydrogen (secondary N) is 2. The predicted molar refractivity (Wildman–Crippen MR) is 82.6 cm³/mol. The number of hydrogen-bond donors (Lipinski definition) is 2. The third kappa shape index (κ3) is 3.13. The van der Waals surface area contributed by atoms with Crippen LogP contribution < -0.4 is 10.1 Å². The molecule has 6 nitrogen and oxygen atoms in total. The Morgan fingerprint density at radius 3 is 3.04 bits per heavy atom. The van der Waals surface area contributed by atoms with Gasteiger partial charge in [-0.2, -0.15) is 5.10 Å². The van der Waals surface area contributed by atoms with E-state index in [4.69, 9.17) is 4.74 Å². The first-order chi connectivity index (χ1) is 11.2. The Hall–Kier alpha value is -2.96. The van der Waals surface area contributed by atoms with Crippen LogP contribution in [0.4, 0.5) is 4.39 Å². The Labute approximate surface area is 131 Å². The molecule has 0 aliphatic rings. The van der Waals surface area contributed by atoms with Gasteiger partial charge < -0.3 is 10.1 Å². The van der Waals surface area contributed by atoms with Gasteiger partial charge in [-0.3, -0.25) is 9.89 Å². The predicted octanol–water partition coefficient (Wildman–Crippen LogP) is 2.43. The number of carbonyl (C=O) groups excluding carboxylic acids is 1. The molecule has 2 heterocycles. The molecule has 7 heteroatoms. The molecule has 2 aromatic heterocycles. The molecule has 0 fully saturated rings. The number of H-pyrrole nitrogens is 1. The number of rotatable bonds is 5. The lowest BCUT2D eigenvalue weighted by molar-refractivity contribution is 0.0950. The van der Waals surface area contributed by atoms with Crippen LogP contribution >= 0.6 is 0 Å². The number of amides is 1. The average molecular weight is 314 g/mol. The van der Waals surface area contributed by atoms with Gasteiger partial charge in [-0.25, -0.2) is 9.37 Å². The maximum absolute atomic E-state index is 13.7. The molecule has 0 saturated heterocycles. The summed E-state index contributed by atoms with van der Waals surface area (Å²) in [5, 5.41) is 10.5. The number of halogens is 1. The Kier molecular flexibility index (Phi) is 4.18. The van der Waals surface area contributed by atoms with E-state index in [1.807, 2.05) is 18.2 Å². The first-order valence-electron chi connectivity index (χ1n) is 7.16. The van der Waals surface area contributed by atoms with Crippen LogP contribution in [0.15, 0.2) is 36.7 Å². The van der Waals surface area contributed by atoms with Crippen molar-refractivity contribution in [1.29, 1.82) is 0 Å². The highest BCUT2D eigenvalue weighted by Crippen LogP contribution is 2.17. The molecule has 0 spiro atoms. The largest absolute Gasteiger partial charge is 0.476 e. The van der Waals surface area contributed by atoms with Crippen LogP contribution in [0.5, 0.6) is 5.88 Å². The topological polar surface area (TPSA) is 79.9 Å². The van der Waals surface area contributed by atoms with Crippen LogP contribution in [0.25, 0.3) is 10.9 Å². The van der Waals surface area contributed by atoms with Gasteiger partial charge in [-0.15, -0.1) is 0 Å². The fourth-order valence-electron chi connectivity index (χ4n) is 2.25. The standard InChI is InChI=1S/C16H15FN4O2/c1-2-23-16-13(17)6-11(8-19-16)15(22)18-7-10-4-3-5-14-12(10)9-20-21-14/h3-6,8-9H,2,7H2,1H3,(H,18,22)(H,20,21). The fourth-order valence-corrected chi connectivity index (χ4v) is 2.25. The molecular formula is C16H15FN4O2. The van der Waals surface area contributed by atoms with Gasteiger partial charge in [-0.1, -0.05) is 12.1 Å². The highest BCUT2D eigenvalue weighted by Gasteiger charge is 2.12. The summed E-state index contributed by atoms with van der Waals surface area (Å²) in [4.78, 5) is 15.9. The molecule has 1 aromatic carbocycles. The van der Waals surface area contributed by atoms with Crippen molar-refractivity contribution in [2.45, 2.75) is 13.5 Å². The minimum Gasteiger partial charge on any atom is -0.476 e. The number of benzene rings is 1. The minimum absolute atomic E-state index is 0.104. The quantitative estimate of drug-likeness (QED) is 0.758. The van der Waals surface area contributed by atoms with Crippen molar-refractivity contribution in [2.24, 2.45) is 0 Å². The number of fused-ring (bicyclic) bond motifs is 1. The molecule has 0 saturated carbocycles. The number of aromatic nitrogens is 3. The lowest BCUT2D eigenvalue weighted by Gasteiger charge is -2.08. The van der Waals surface area contributed by atoms with Gasteiger partial charge in [0.15, 0.2) is 5.82 Å². The average Bonchev–Trinajstić information content (AvgIpc) is 3.04. The van der Waals surface area contributed by atoms with Gasteiger partial charge in [-0.05, 0) is 24.6 Å². The second kappa shape index (κ2) is 6.43. The zero-order valence-electron chi connectivity index (χ0n) is 12.5. The van der Waals surface area contributed by atoms with Crippen LogP contribution in [-0.4, -0.2) is 27.7 Å². The number of nitrogens with zero attached hydrogens (tertiary/aromatic N) is 2. The van der Waals surface area contributed by atoms with Gasteiger partial charge in [0.05, 0.1) is 23.9 Å². The van der Waals surface area contributed by atoms with Crippen LogP contribution in [0.2, 0.25) is 0 Å². The van der Waals surface area contributed by atoms with E-state index in [1.54, 1.807) is 13.1 Å². The molecule has 23 heavy (non-hydrogen) atoms. The minimum atomic E-state index is -0.656. The summed E-state index contributed by atoms with van der Waals surface area (Å²) in [7, 11) is 0. The molecule has 0 atom stereocenters. The molecule has 0 bridgehead atoms. The smallest absolute Gasteiger partial charge is 0.253 e. The van der Waals surface area contributed by atoms with Gasteiger partial charge in [0.2, 0.25) is 5.88 Å². The van der Waals surface area contributed by atoms with E-state index in [9.17, 15) is 9.18 Å². The van der Waals surface area contributed by atoms with Crippen LogP contribution in [-0.2, 0) is 6.54 Å². The number of pyridine rings is 1. The molecule has 0 radical (unpaired) electrons. The zero-order chi connectivity index (χ0) is 16.2. The van der Waals surface area contributed by atoms with Crippen LogP contribution in [0.1, 0.15) is 22.8 Å². The number of carbonyl (C=O) groups is 1. The summed E-state index contributed by atoms with van der Waals surface area (Å²) in [6, 6.07) is 6.79. The Morgan fingerprint density at radius 2 is 2.26 bits per heavy atom. The van der Waals surface area contributed by atoms with E-state index in [0.717, 1.165) is 22.5 Å². The lowest BCUT2D eigenvalue weighted by Crippen LogP contribution is -2.23. The van der Waals surface area contributed by atoms with Gasteiger partial charge in [0.1, 0.15) is 0 Å². The molecule has 0 aliphatic carbocycles. The lowest BCUT2D eigenvalue weighted by atomic mass is 10.1. The van der Waals surface area contributed by atoms with Gasteiger partial charge >= 0.3 is 0 Å². The summed E-state index contributed by atoms with van der Waals surface area (Å²) in [5.74, 6) is -1.16.